The number of nitrogens with zero attached hydrogens (tertiary/aromatic N) is 1. The van der Waals surface area contributed by atoms with Crippen LogP contribution in [0.2, 0.25) is 0 Å². The molecule has 0 bridgehead atoms. The third kappa shape index (κ3) is 7.40. The van der Waals surface area contributed by atoms with Gasteiger partial charge in [-0.05, 0) is 50.6 Å². The van der Waals surface area contributed by atoms with Crippen LogP contribution in [0, 0.1) is 0 Å². The highest BCUT2D eigenvalue weighted by Crippen LogP contribution is 2.37. The Kier molecular flexibility index (Phi) is 9.49. The number of rotatable bonds is 11. The Labute approximate surface area is 249 Å². The van der Waals surface area contributed by atoms with Crippen molar-refractivity contribution >= 4 is 34.1 Å². The Morgan fingerprint density at radius 3 is 2.33 bits per heavy atom. The molecule has 1 atom stereocenters. The van der Waals surface area contributed by atoms with E-state index in [1.807, 2.05) is 26.8 Å². The second-order valence-electron chi connectivity index (χ2n) is 10.9. The fourth-order valence-corrected chi connectivity index (χ4v) is 4.60. The number of para-hydroxylation sites is 2. The van der Waals surface area contributed by atoms with Gasteiger partial charge in [-0.1, -0.05) is 48.5 Å². The van der Waals surface area contributed by atoms with Gasteiger partial charge in [-0.15, -0.1) is 0 Å². The fraction of sp³-hybridized carbons (Fsp3) is 0.273. The largest absolute Gasteiger partial charge is 0.507 e. The standard InChI is InChI=1S/C33H35N3O7/c1-33(2,3)36-35-25(31(39)34-24-15-11-17-27(41-4)30(24)42-5)19-21(37)18-23(20-12-7-6-8-13-20)28-29(38)22-14-9-10-16-26(22)43-32(28)40/h6-17,23,36,38H,18-19H2,1-5H3,(H,34,39)/b35-25-. The number of aromatic hydroxyl groups is 1. The number of nitrogens with one attached hydrogen (secondary N) is 2. The number of carbonyl (C=O) groups excluding carboxylic acids is 2. The van der Waals surface area contributed by atoms with Gasteiger partial charge >= 0.3 is 5.63 Å². The molecule has 3 aromatic carbocycles. The average Bonchev–Trinajstić information content (AvgIpc) is 2.98. The Balaban J connectivity index is 1.68. The van der Waals surface area contributed by atoms with Crippen LogP contribution >= 0.6 is 0 Å². The van der Waals surface area contributed by atoms with Gasteiger partial charge < -0.3 is 29.7 Å². The number of amides is 1. The van der Waals surface area contributed by atoms with Crippen LogP contribution in [0.5, 0.6) is 17.2 Å². The number of hydrogen-bond donors (Lipinski definition) is 3. The maximum atomic E-state index is 13.7. The van der Waals surface area contributed by atoms with E-state index >= 15 is 0 Å². The summed E-state index contributed by atoms with van der Waals surface area (Å²) in [5.74, 6) is -1.37. The van der Waals surface area contributed by atoms with E-state index in [-0.39, 0.29) is 41.2 Å². The number of fused-ring (bicyclic) bond motifs is 1. The third-order valence-electron chi connectivity index (χ3n) is 6.61. The number of hydrogen-bond acceptors (Lipinski definition) is 9. The van der Waals surface area contributed by atoms with Gasteiger partial charge in [0.2, 0.25) is 0 Å². The first kappa shape index (κ1) is 30.8. The number of carbonyl (C=O) groups is 2. The van der Waals surface area contributed by atoms with Gasteiger partial charge in [0.25, 0.3) is 5.91 Å². The number of anilines is 1. The lowest BCUT2D eigenvalue weighted by Gasteiger charge is -2.20. The number of Topliss-reactive ketones (excluding diaryl/α,β-unsaturated/α-hetero) is 1. The predicted octanol–water partition coefficient (Wildman–Crippen LogP) is 5.38. The van der Waals surface area contributed by atoms with E-state index in [4.69, 9.17) is 13.9 Å². The van der Waals surface area contributed by atoms with Crippen molar-refractivity contribution in [3.8, 4) is 17.2 Å². The molecule has 4 rings (SSSR count). The molecular weight excluding hydrogens is 550 g/mol. The topological polar surface area (TPSA) is 139 Å². The first-order chi connectivity index (χ1) is 20.5. The summed E-state index contributed by atoms with van der Waals surface area (Å²) in [4.78, 5) is 40.3. The van der Waals surface area contributed by atoms with Crippen molar-refractivity contribution in [2.45, 2.75) is 45.1 Å². The van der Waals surface area contributed by atoms with E-state index in [9.17, 15) is 19.5 Å². The van der Waals surface area contributed by atoms with Gasteiger partial charge in [-0.25, -0.2) is 4.79 Å². The van der Waals surface area contributed by atoms with E-state index in [0.29, 0.717) is 28.1 Å². The molecule has 0 saturated carbocycles. The number of methoxy groups -OCH3 is 2. The summed E-state index contributed by atoms with van der Waals surface area (Å²) in [5, 5.41) is 18.6. The highest BCUT2D eigenvalue weighted by atomic mass is 16.5. The van der Waals surface area contributed by atoms with Gasteiger partial charge in [0, 0.05) is 17.9 Å². The van der Waals surface area contributed by atoms with Crippen LogP contribution in [-0.2, 0) is 9.59 Å². The molecule has 0 aliphatic rings. The lowest BCUT2D eigenvalue weighted by atomic mass is 9.86. The molecule has 0 saturated heterocycles. The maximum Gasteiger partial charge on any atom is 0.343 e. The van der Waals surface area contributed by atoms with Crippen molar-refractivity contribution in [2.75, 3.05) is 19.5 Å². The van der Waals surface area contributed by atoms with Crippen LogP contribution in [0.1, 0.15) is 50.7 Å². The van der Waals surface area contributed by atoms with Crippen LogP contribution in [0.4, 0.5) is 5.69 Å². The van der Waals surface area contributed by atoms with Gasteiger partial charge in [0.1, 0.15) is 22.8 Å². The first-order valence-corrected chi connectivity index (χ1v) is 13.7. The number of hydrazone groups is 1. The normalized spacial score (nSPS) is 12.4. The maximum absolute atomic E-state index is 13.7. The second-order valence-corrected chi connectivity index (χ2v) is 10.9. The molecule has 1 aromatic heterocycles. The van der Waals surface area contributed by atoms with Crippen LogP contribution < -0.4 is 25.8 Å². The van der Waals surface area contributed by atoms with Gasteiger partial charge in [-0.3, -0.25) is 9.59 Å². The van der Waals surface area contributed by atoms with Crippen LogP contribution in [-0.4, -0.2) is 42.3 Å². The summed E-state index contributed by atoms with van der Waals surface area (Å²) in [6.45, 7) is 5.60. The van der Waals surface area contributed by atoms with Crippen LogP contribution in [0.25, 0.3) is 11.0 Å². The van der Waals surface area contributed by atoms with Gasteiger partial charge in [-0.2, -0.15) is 5.10 Å². The highest BCUT2D eigenvalue weighted by Gasteiger charge is 2.29. The number of ether oxygens (including phenoxy) is 2. The van der Waals surface area contributed by atoms with Gasteiger partial charge in [0.05, 0.1) is 37.3 Å². The molecule has 4 aromatic rings. The smallest absolute Gasteiger partial charge is 0.343 e. The Hall–Kier alpha value is -5.12. The molecule has 0 spiro atoms. The molecule has 1 amide bonds. The van der Waals surface area contributed by atoms with E-state index in [1.165, 1.54) is 14.2 Å². The van der Waals surface area contributed by atoms with Crippen LogP contribution in [0.15, 0.2) is 87.1 Å². The van der Waals surface area contributed by atoms with Crippen molar-refractivity contribution in [3.05, 3.63) is 94.3 Å². The van der Waals surface area contributed by atoms with Crippen molar-refractivity contribution < 1.29 is 28.6 Å². The lowest BCUT2D eigenvalue weighted by molar-refractivity contribution is -0.119. The molecule has 1 unspecified atom stereocenters. The van der Waals surface area contributed by atoms with Crippen molar-refractivity contribution in [2.24, 2.45) is 5.10 Å². The summed E-state index contributed by atoms with van der Waals surface area (Å²) < 4.78 is 16.3. The quantitative estimate of drug-likeness (QED) is 0.121. The Morgan fingerprint density at radius 1 is 0.953 bits per heavy atom. The zero-order valence-electron chi connectivity index (χ0n) is 24.8. The monoisotopic (exact) mass is 585 g/mol. The second kappa shape index (κ2) is 13.2. The fourth-order valence-electron chi connectivity index (χ4n) is 4.60. The summed E-state index contributed by atoms with van der Waals surface area (Å²) >= 11 is 0. The molecule has 43 heavy (non-hydrogen) atoms. The zero-order valence-corrected chi connectivity index (χ0v) is 24.8. The zero-order chi connectivity index (χ0) is 31.1. The molecule has 10 nitrogen and oxygen atoms in total. The minimum Gasteiger partial charge on any atom is -0.507 e. The molecule has 224 valence electrons. The van der Waals surface area contributed by atoms with E-state index in [2.05, 4.69) is 15.8 Å². The predicted molar refractivity (Wildman–Crippen MR) is 165 cm³/mol. The van der Waals surface area contributed by atoms with E-state index in [1.54, 1.807) is 66.7 Å². The SMILES string of the molecule is COc1cccc(NC(=O)/C(CC(=O)CC(c2ccccc2)c2c(O)c3ccccc3oc2=O)=N\NC(C)(C)C)c1OC. The Morgan fingerprint density at radius 2 is 1.65 bits per heavy atom. The minimum absolute atomic E-state index is 0.0323. The summed E-state index contributed by atoms with van der Waals surface area (Å²) in [7, 11) is 2.94. The molecule has 0 fully saturated rings. The minimum atomic E-state index is -0.840. The summed E-state index contributed by atoms with van der Waals surface area (Å²) in [6.07, 6.45) is -0.560. The van der Waals surface area contributed by atoms with Crippen molar-refractivity contribution in [1.82, 2.24) is 5.43 Å². The van der Waals surface area contributed by atoms with E-state index < -0.39 is 23.0 Å². The number of benzene rings is 3. The number of ketones is 1. The molecule has 0 radical (unpaired) electrons. The summed E-state index contributed by atoms with van der Waals surface area (Å²) in [6, 6.07) is 20.6. The Bertz CT molecular complexity index is 1710. The van der Waals surface area contributed by atoms with Crippen LogP contribution in [0.3, 0.4) is 0 Å². The van der Waals surface area contributed by atoms with Crippen molar-refractivity contribution in [1.29, 1.82) is 0 Å². The van der Waals surface area contributed by atoms with Crippen molar-refractivity contribution in [3.63, 3.8) is 0 Å². The molecular formula is C33H35N3O7. The first-order valence-electron chi connectivity index (χ1n) is 13.7. The molecule has 0 aliphatic carbocycles. The van der Waals surface area contributed by atoms with Gasteiger partial charge in [0.15, 0.2) is 11.5 Å². The lowest BCUT2D eigenvalue weighted by Crippen LogP contribution is -2.35. The molecule has 10 heteroatoms. The average molecular weight is 586 g/mol. The highest BCUT2D eigenvalue weighted by molar-refractivity contribution is 6.45. The molecule has 3 N–H and O–H groups in total. The van der Waals surface area contributed by atoms with E-state index in [0.717, 1.165) is 0 Å². The third-order valence-corrected chi connectivity index (χ3v) is 6.61. The molecule has 1 heterocycles. The summed E-state index contributed by atoms with van der Waals surface area (Å²) in [5.41, 5.74) is 2.77. The molecule has 0 aliphatic heterocycles.